The number of fused-ring (bicyclic) bond motifs is 1. The first-order valence-electron chi connectivity index (χ1n) is 8.85. The molecule has 1 heterocycles. The van der Waals surface area contributed by atoms with Crippen molar-refractivity contribution in [3.8, 4) is 21.6 Å². The molecule has 6 heteroatoms. The third-order valence-electron chi connectivity index (χ3n) is 4.80. The van der Waals surface area contributed by atoms with Gasteiger partial charge in [0.1, 0.15) is 0 Å². The third kappa shape index (κ3) is 3.63. The predicted octanol–water partition coefficient (Wildman–Crippen LogP) is 6.66. The fourth-order valence-electron chi connectivity index (χ4n) is 3.28. The van der Waals surface area contributed by atoms with Gasteiger partial charge in [0.25, 0.3) is 5.91 Å². The van der Waals surface area contributed by atoms with Crippen LogP contribution in [0.25, 0.3) is 31.7 Å². The average molecular weight is 411 g/mol. The molecule has 29 heavy (non-hydrogen) atoms. The number of benzene rings is 3. The van der Waals surface area contributed by atoms with Gasteiger partial charge in [0, 0.05) is 15.0 Å². The summed E-state index contributed by atoms with van der Waals surface area (Å²) in [7, 11) is 0. The highest BCUT2D eigenvalue weighted by Crippen LogP contribution is 2.41. The van der Waals surface area contributed by atoms with Gasteiger partial charge in [-0.25, -0.2) is 0 Å². The molecular weight excluding hydrogens is 395 g/mol. The van der Waals surface area contributed by atoms with Crippen molar-refractivity contribution in [2.75, 3.05) is 0 Å². The molecule has 4 rings (SSSR count). The molecule has 0 saturated heterocycles. The van der Waals surface area contributed by atoms with E-state index in [9.17, 15) is 18.0 Å². The van der Waals surface area contributed by atoms with Crippen molar-refractivity contribution in [1.82, 2.24) is 0 Å². The summed E-state index contributed by atoms with van der Waals surface area (Å²) in [5.41, 5.74) is 8.95. The molecule has 0 aliphatic heterocycles. The zero-order chi connectivity index (χ0) is 20.8. The van der Waals surface area contributed by atoms with Gasteiger partial charge in [-0.2, -0.15) is 13.2 Å². The quantitative estimate of drug-likeness (QED) is 0.402. The molecule has 1 amide bonds. The Bertz CT molecular complexity index is 1210. The Balaban J connectivity index is 1.84. The Labute approximate surface area is 169 Å². The standard InChI is InChI=1S/C23H16F3NOS/c1-13-2-4-14(5-3-13)16-8-11-18-19(12-16)29-21(20(18)22(27)28)15-6-9-17(10-7-15)23(24,25)26/h2-12H,1H3,(H2,27,28). The Kier molecular flexibility index (Phi) is 4.67. The molecule has 0 aliphatic rings. The first-order chi connectivity index (χ1) is 13.7. The second-order valence-corrected chi connectivity index (χ2v) is 7.87. The van der Waals surface area contributed by atoms with Crippen LogP contribution in [0, 0.1) is 6.92 Å². The summed E-state index contributed by atoms with van der Waals surface area (Å²) >= 11 is 1.35. The molecule has 0 spiro atoms. The second kappa shape index (κ2) is 7.04. The lowest BCUT2D eigenvalue weighted by molar-refractivity contribution is -0.137. The number of carbonyl (C=O) groups excluding carboxylic acids is 1. The van der Waals surface area contributed by atoms with E-state index in [0.717, 1.165) is 33.5 Å². The van der Waals surface area contributed by atoms with Crippen LogP contribution in [0.2, 0.25) is 0 Å². The summed E-state index contributed by atoms with van der Waals surface area (Å²) in [4.78, 5) is 12.7. The summed E-state index contributed by atoms with van der Waals surface area (Å²) in [6, 6.07) is 18.6. The van der Waals surface area contributed by atoms with Gasteiger partial charge >= 0.3 is 6.18 Å². The molecule has 0 bridgehead atoms. The average Bonchev–Trinajstić information content (AvgIpc) is 3.07. The largest absolute Gasteiger partial charge is 0.416 e. The Morgan fingerprint density at radius 1 is 0.862 bits per heavy atom. The van der Waals surface area contributed by atoms with Crippen LogP contribution in [0.4, 0.5) is 13.2 Å². The molecule has 3 aromatic carbocycles. The SMILES string of the molecule is Cc1ccc(-c2ccc3c(C(N)=O)c(-c4ccc(C(F)(F)F)cc4)sc3c2)cc1. The lowest BCUT2D eigenvalue weighted by Gasteiger charge is -2.07. The molecular formula is C23H16F3NOS. The highest BCUT2D eigenvalue weighted by molar-refractivity contribution is 7.22. The maximum absolute atomic E-state index is 12.9. The number of hydrogen-bond donors (Lipinski definition) is 1. The maximum atomic E-state index is 12.9. The van der Waals surface area contributed by atoms with Gasteiger partial charge in [0.05, 0.1) is 11.1 Å². The van der Waals surface area contributed by atoms with Crippen molar-refractivity contribution in [1.29, 1.82) is 0 Å². The monoisotopic (exact) mass is 411 g/mol. The lowest BCUT2D eigenvalue weighted by Crippen LogP contribution is -2.11. The van der Waals surface area contributed by atoms with Crippen LogP contribution in [-0.2, 0) is 6.18 Å². The van der Waals surface area contributed by atoms with Crippen molar-refractivity contribution in [2.45, 2.75) is 13.1 Å². The molecule has 0 unspecified atom stereocenters. The van der Waals surface area contributed by atoms with Crippen LogP contribution in [0.5, 0.6) is 0 Å². The van der Waals surface area contributed by atoms with E-state index in [1.54, 1.807) is 0 Å². The van der Waals surface area contributed by atoms with Crippen LogP contribution < -0.4 is 5.73 Å². The molecule has 0 aliphatic carbocycles. The Hall–Kier alpha value is -3.12. The summed E-state index contributed by atoms with van der Waals surface area (Å²) in [6.07, 6.45) is -4.41. The van der Waals surface area contributed by atoms with Crippen molar-refractivity contribution < 1.29 is 18.0 Å². The topological polar surface area (TPSA) is 43.1 Å². The molecule has 0 fully saturated rings. The summed E-state index contributed by atoms with van der Waals surface area (Å²) in [5, 5.41) is 0.702. The van der Waals surface area contributed by atoms with E-state index >= 15 is 0 Å². The first kappa shape index (κ1) is 19.2. The zero-order valence-electron chi connectivity index (χ0n) is 15.4. The number of thiophene rings is 1. The minimum atomic E-state index is -4.41. The van der Waals surface area contributed by atoms with Crippen molar-refractivity contribution in [2.24, 2.45) is 5.73 Å². The van der Waals surface area contributed by atoms with E-state index < -0.39 is 17.6 Å². The number of primary amides is 1. The Morgan fingerprint density at radius 3 is 2.03 bits per heavy atom. The number of amides is 1. The molecule has 0 radical (unpaired) electrons. The number of carbonyl (C=O) groups is 1. The van der Waals surface area contributed by atoms with Crippen molar-refractivity contribution in [3.63, 3.8) is 0 Å². The molecule has 2 nitrogen and oxygen atoms in total. The number of rotatable bonds is 3. The molecule has 4 aromatic rings. The van der Waals surface area contributed by atoms with Gasteiger partial charge < -0.3 is 5.73 Å². The minimum Gasteiger partial charge on any atom is -0.366 e. The number of alkyl halides is 3. The van der Waals surface area contributed by atoms with E-state index in [1.165, 1.54) is 23.5 Å². The van der Waals surface area contributed by atoms with Gasteiger partial charge in [-0.1, -0.05) is 54.1 Å². The van der Waals surface area contributed by atoms with Crippen LogP contribution in [-0.4, -0.2) is 5.91 Å². The number of halogens is 3. The van der Waals surface area contributed by atoms with Gasteiger partial charge in [0.15, 0.2) is 0 Å². The zero-order valence-corrected chi connectivity index (χ0v) is 16.2. The van der Waals surface area contributed by atoms with Crippen LogP contribution >= 0.6 is 11.3 Å². The van der Waals surface area contributed by atoms with Crippen LogP contribution in [0.1, 0.15) is 21.5 Å². The predicted molar refractivity (Wildman–Crippen MR) is 111 cm³/mol. The highest BCUT2D eigenvalue weighted by Gasteiger charge is 2.30. The van der Waals surface area contributed by atoms with Gasteiger partial charge in [-0.05, 0) is 41.8 Å². The minimum absolute atomic E-state index is 0.334. The lowest BCUT2D eigenvalue weighted by atomic mass is 10.0. The summed E-state index contributed by atoms with van der Waals surface area (Å²) in [6.45, 7) is 2.02. The maximum Gasteiger partial charge on any atom is 0.416 e. The Morgan fingerprint density at radius 2 is 1.45 bits per heavy atom. The third-order valence-corrected chi connectivity index (χ3v) is 6.00. The summed E-state index contributed by atoms with van der Waals surface area (Å²) < 4.78 is 39.4. The molecule has 0 saturated carbocycles. The van der Waals surface area contributed by atoms with E-state index in [1.807, 2.05) is 49.4 Å². The number of hydrogen-bond acceptors (Lipinski definition) is 2. The molecule has 1 aromatic heterocycles. The molecule has 146 valence electrons. The van der Waals surface area contributed by atoms with E-state index in [-0.39, 0.29) is 0 Å². The van der Waals surface area contributed by atoms with Crippen LogP contribution in [0.15, 0.2) is 66.7 Å². The van der Waals surface area contributed by atoms with E-state index in [2.05, 4.69) is 0 Å². The smallest absolute Gasteiger partial charge is 0.366 e. The van der Waals surface area contributed by atoms with Crippen molar-refractivity contribution >= 4 is 27.3 Å². The molecule has 0 atom stereocenters. The van der Waals surface area contributed by atoms with Gasteiger partial charge in [-0.3, -0.25) is 4.79 Å². The number of nitrogens with two attached hydrogens (primary N) is 1. The van der Waals surface area contributed by atoms with Crippen molar-refractivity contribution in [3.05, 3.63) is 83.4 Å². The first-order valence-corrected chi connectivity index (χ1v) is 9.67. The van der Waals surface area contributed by atoms with Gasteiger partial charge in [-0.15, -0.1) is 11.3 Å². The number of aryl methyl sites for hydroxylation is 1. The second-order valence-electron chi connectivity index (χ2n) is 6.82. The van der Waals surface area contributed by atoms with E-state index in [4.69, 9.17) is 5.73 Å². The van der Waals surface area contributed by atoms with E-state index in [0.29, 0.717) is 21.4 Å². The fourth-order valence-corrected chi connectivity index (χ4v) is 4.53. The summed E-state index contributed by atoms with van der Waals surface area (Å²) in [5.74, 6) is -0.603. The van der Waals surface area contributed by atoms with Gasteiger partial charge in [0.2, 0.25) is 0 Å². The highest BCUT2D eigenvalue weighted by atomic mass is 32.1. The normalized spacial score (nSPS) is 11.7. The fraction of sp³-hybridized carbons (Fsp3) is 0.0870. The molecule has 2 N–H and O–H groups in total. The van der Waals surface area contributed by atoms with Crippen LogP contribution in [0.3, 0.4) is 0 Å².